The van der Waals surface area contributed by atoms with Crippen LogP contribution in [0.2, 0.25) is 0 Å². The lowest BCUT2D eigenvalue weighted by molar-refractivity contribution is -0.133. The minimum atomic E-state index is -0.471. The van der Waals surface area contributed by atoms with E-state index in [9.17, 15) is 4.79 Å². The fourth-order valence-corrected chi connectivity index (χ4v) is 3.20. The van der Waals surface area contributed by atoms with Crippen molar-refractivity contribution in [2.75, 3.05) is 0 Å². The van der Waals surface area contributed by atoms with Crippen molar-refractivity contribution >= 4 is 5.91 Å². The Morgan fingerprint density at radius 1 is 1.04 bits per heavy atom. The second kappa shape index (κ2) is 6.97. The number of hydrogen-bond acceptors (Lipinski definition) is 2. The van der Waals surface area contributed by atoms with Crippen molar-refractivity contribution in [2.45, 2.75) is 45.3 Å². The molecule has 1 aliphatic heterocycles. The molecule has 3 heteroatoms. The number of aryl methyl sites for hydroxylation is 1. The minimum absolute atomic E-state index is 0.0406. The number of amides is 1. The number of hydrogen-bond donors (Lipinski definition) is 1. The quantitative estimate of drug-likeness (QED) is 0.923. The molecule has 3 nitrogen and oxygen atoms in total. The zero-order valence-corrected chi connectivity index (χ0v) is 13.7. The number of nitrogens with zero attached hydrogens (tertiary/aromatic N) is 1. The average Bonchev–Trinajstić information content (AvgIpc) is 3.00. The van der Waals surface area contributed by atoms with E-state index in [4.69, 9.17) is 5.73 Å². The Morgan fingerprint density at radius 3 is 2.17 bits per heavy atom. The number of nitrogens with two attached hydrogens (primary N) is 1. The van der Waals surface area contributed by atoms with E-state index in [-0.39, 0.29) is 5.91 Å². The lowest BCUT2D eigenvalue weighted by atomic mass is 10.0. The molecule has 0 spiro atoms. The predicted octanol–water partition coefficient (Wildman–Crippen LogP) is 3.05. The molecule has 0 bridgehead atoms. The Bertz CT molecular complexity index is 653. The molecule has 1 aliphatic rings. The largest absolute Gasteiger partial charge is 0.333 e. The van der Waals surface area contributed by atoms with Crippen LogP contribution in [0.1, 0.15) is 35.6 Å². The number of carbonyl (C=O) groups excluding carboxylic acids is 1. The first kappa shape index (κ1) is 15.8. The van der Waals surface area contributed by atoms with E-state index in [0.717, 1.165) is 18.4 Å². The van der Waals surface area contributed by atoms with Crippen LogP contribution in [0.4, 0.5) is 0 Å². The third-order valence-corrected chi connectivity index (χ3v) is 4.49. The summed E-state index contributed by atoms with van der Waals surface area (Å²) in [6.07, 6.45) is 2.84. The maximum absolute atomic E-state index is 12.6. The summed E-state index contributed by atoms with van der Waals surface area (Å²) < 4.78 is 0. The summed E-state index contributed by atoms with van der Waals surface area (Å²) in [5.41, 5.74) is 11.1. The molecule has 1 amide bonds. The summed E-state index contributed by atoms with van der Waals surface area (Å²) in [5.74, 6) is 0.0406. The van der Waals surface area contributed by atoms with Gasteiger partial charge in [0, 0.05) is 13.1 Å². The van der Waals surface area contributed by atoms with Gasteiger partial charge in [0.1, 0.15) is 0 Å². The fourth-order valence-electron chi connectivity index (χ4n) is 3.20. The standard InChI is InChI=1S/C20H24N2O/c1-2-5-15-8-10-16(11-9-15)12-19(21)20(23)22-13-17-6-3-4-7-18(17)14-22/h3-4,6-11,19H,2,5,12-14,21H2,1H3. The van der Waals surface area contributed by atoms with Crippen LogP contribution in [0.5, 0.6) is 0 Å². The van der Waals surface area contributed by atoms with Crippen molar-refractivity contribution in [1.29, 1.82) is 0 Å². The van der Waals surface area contributed by atoms with Gasteiger partial charge in [-0.25, -0.2) is 0 Å². The van der Waals surface area contributed by atoms with Gasteiger partial charge in [0.05, 0.1) is 6.04 Å². The summed E-state index contributed by atoms with van der Waals surface area (Å²) >= 11 is 0. The van der Waals surface area contributed by atoms with Crippen LogP contribution in [-0.2, 0) is 30.7 Å². The van der Waals surface area contributed by atoms with Crippen molar-refractivity contribution in [3.05, 3.63) is 70.8 Å². The van der Waals surface area contributed by atoms with Gasteiger partial charge in [0.2, 0.25) is 5.91 Å². The van der Waals surface area contributed by atoms with E-state index in [0.29, 0.717) is 19.5 Å². The molecule has 0 aromatic heterocycles. The predicted molar refractivity (Wildman–Crippen MR) is 92.8 cm³/mol. The third-order valence-electron chi connectivity index (χ3n) is 4.49. The Hall–Kier alpha value is -2.13. The van der Waals surface area contributed by atoms with Gasteiger partial charge in [0.25, 0.3) is 0 Å². The van der Waals surface area contributed by atoms with E-state index in [2.05, 4.69) is 43.3 Å². The molecule has 1 unspecified atom stereocenters. The van der Waals surface area contributed by atoms with Crippen LogP contribution >= 0.6 is 0 Å². The van der Waals surface area contributed by atoms with Gasteiger partial charge < -0.3 is 10.6 Å². The van der Waals surface area contributed by atoms with Crippen molar-refractivity contribution in [3.8, 4) is 0 Å². The van der Waals surface area contributed by atoms with Crippen LogP contribution < -0.4 is 5.73 Å². The number of carbonyl (C=O) groups is 1. The normalized spacial score (nSPS) is 14.6. The van der Waals surface area contributed by atoms with Crippen LogP contribution in [0.25, 0.3) is 0 Å². The van der Waals surface area contributed by atoms with Gasteiger partial charge in [-0.3, -0.25) is 4.79 Å². The summed E-state index contributed by atoms with van der Waals surface area (Å²) in [6, 6.07) is 16.2. The first-order valence-corrected chi connectivity index (χ1v) is 8.36. The molecule has 23 heavy (non-hydrogen) atoms. The molecule has 2 N–H and O–H groups in total. The van der Waals surface area contributed by atoms with E-state index in [1.165, 1.54) is 16.7 Å². The molecule has 1 atom stereocenters. The molecule has 2 aromatic rings. The van der Waals surface area contributed by atoms with E-state index >= 15 is 0 Å². The van der Waals surface area contributed by atoms with Crippen molar-refractivity contribution in [2.24, 2.45) is 5.73 Å². The molecular weight excluding hydrogens is 284 g/mol. The fraction of sp³-hybridized carbons (Fsp3) is 0.350. The zero-order valence-electron chi connectivity index (χ0n) is 13.7. The molecule has 0 saturated carbocycles. The van der Waals surface area contributed by atoms with Crippen LogP contribution in [0.15, 0.2) is 48.5 Å². The molecule has 0 aliphatic carbocycles. The van der Waals surface area contributed by atoms with E-state index in [1.54, 1.807) is 0 Å². The molecule has 0 saturated heterocycles. The molecular formula is C20H24N2O. The maximum Gasteiger partial charge on any atom is 0.240 e. The minimum Gasteiger partial charge on any atom is -0.333 e. The summed E-state index contributed by atoms with van der Waals surface area (Å²) in [5, 5.41) is 0. The van der Waals surface area contributed by atoms with Crippen molar-refractivity contribution in [1.82, 2.24) is 4.90 Å². The van der Waals surface area contributed by atoms with Gasteiger partial charge in [-0.05, 0) is 35.1 Å². The van der Waals surface area contributed by atoms with Gasteiger partial charge in [-0.1, -0.05) is 61.9 Å². The second-order valence-corrected chi connectivity index (χ2v) is 6.34. The molecule has 0 fully saturated rings. The lowest BCUT2D eigenvalue weighted by Gasteiger charge is -2.20. The monoisotopic (exact) mass is 308 g/mol. The highest BCUT2D eigenvalue weighted by atomic mass is 16.2. The molecule has 120 valence electrons. The summed E-state index contributed by atoms with van der Waals surface area (Å²) in [4.78, 5) is 14.5. The van der Waals surface area contributed by atoms with Crippen LogP contribution in [0, 0.1) is 0 Å². The SMILES string of the molecule is CCCc1ccc(CC(N)C(=O)N2Cc3ccccc3C2)cc1. The van der Waals surface area contributed by atoms with Gasteiger partial charge in [0.15, 0.2) is 0 Å². The number of fused-ring (bicyclic) bond motifs is 1. The lowest BCUT2D eigenvalue weighted by Crippen LogP contribution is -2.42. The number of benzene rings is 2. The number of rotatable bonds is 5. The Balaban J connectivity index is 1.60. The Labute approximate surface area is 138 Å². The molecule has 0 radical (unpaired) electrons. The van der Waals surface area contributed by atoms with Gasteiger partial charge in [-0.2, -0.15) is 0 Å². The van der Waals surface area contributed by atoms with Crippen LogP contribution in [0.3, 0.4) is 0 Å². The van der Waals surface area contributed by atoms with Crippen molar-refractivity contribution in [3.63, 3.8) is 0 Å². The first-order chi connectivity index (χ1) is 11.2. The summed E-state index contributed by atoms with van der Waals surface area (Å²) in [7, 11) is 0. The van der Waals surface area contributed by atoms with E-state index < -0.39 is 6.04 Å². The maximum atomic E-state index is 12.6. The zero-order chi connectivity index (χ0) is 16.2. The van der Waals surface area contributed by atoms with Gasteiger partial charge >= 0.3 is 0 Å². The van der Waals surface area contributed by atoms with Crippen molar-refractivity contribution < 1.29 is 4.79 Å². The van der Waals surface area contributed by atoms with E-state index in [1.807, 2.05) is 17.0 Å². The molecule has 2 aromatic carbocycles. The highest BCUT2D eigenvalue weighted by Gasteiger charge is 2.26. The summed E-state index contributed by atoms with van der Waals surface area (Å²) in [6.45, 7) is 3.53. The first-order valence-electron chi connectivity index (χ1n) is 8.36. The average molecular weight is 308 g/mol. The molecule has 1 heterocycles. The smallest absolute Gasteiger partial charge is 0.240 e. The molecule has 3 rings (SSSR count). The second-order valence-electron chi connectivity index (χ2n) is 6.34. The third kappa shape index (κ3) is 3.62. The van der Waals surface area contributed by atoms with Gasteiger partial charge in [-0.15, -0.1) is 0 Å². The highest BCUT2D eigenvalue weighted by molar-refractivity contribution is 5.82. The Morgan fingerprint density at radius 2 is 1.61 bits per heavy atom. The highest BCUT2D eigenvalue weighted by Crippen LogP contribution is 2.23. The van der Waals surface area contributed by atoms with Crippen LogP contribution in [-0.4, -0.2) is 16.8 Å². The Kier molecular flexibility index (Phi) is 4.77. The topological polar surface area (TPSA) is 46.3 Å².